The lowest BCUT2D eigenvalue weighted by atomic mass is 10.3. The molecule has 1 fully saturated rings. The summed E-state index contributed by atoms with van der Waals surface area (Å²) in [5.74, 6) is 0.224. The molecule has 5 heteroatoms. The maximum Gasteiger partial charge on any atom is 0.147 e. The Bertz CT molecular complexity index is 257. The number of hydrogen-bond acceptors (Lipinski definition) is 4. The van der Waals surface area contributed by atoms with Crippen LogP contribution in [0.25, 0.3) is 0 Å². The van der Waals surface area contributed by atoms with Crippen LogP contribution in [0.2, 0.25) is 0 Å². The highest BCUT2D eigenvalue weighted by atomic mass is 32.2. The monoisotopic (exact) mass is 207 g/mol. The van der Waals surface area contributed by atoms with Crippen molar-refractivity contribution in [2.75, 3.05) is 25.2 Å². The molecule has 1 saturated carbocycles. The molecule has 0 spiro atoms. The fraction of sp³-hybridized carbons (Fsp3) is 1.00. The van der Waals surface area contributed by atoms with Gasteiger partial charge in [-0.2, -0.15) is 0 Å². The van der Waals surface area contributed by atoms with E-state index in [2.05, 4.69) is 5.32 Å². The number of aliphatic hydroxyl groups is 1. The van der Waals surface area contributed by atoms with Crippen molar-refractivity contribution >= 4 is 9.84 Å². The first-order chi connectivity index (χ1) is 5.97. The molecule has 0 amide bonds. The highest BCUT2D eigenvalue weighted by Crippen LogP contribution is 2.34. The van der Waals surface area contributed by atoms with Gasteiger partial charge < -0.3 is 10.4 Å². The molecule has 0 aromatic heterocycles. The van der Waals surface area contributed by atoms with Crippen LogP contribution in [0.3, 0.4) is 0 Å². The van der Waals surface area contributed by atoms with Crippen LogP contribution in [-0.4, -0.2) is 44.2 Å². The van der Waals surface area contributed by atoms with Crippen molar-refractivity contribution in [3.8, 4) is 0 Å². The van der Waals surface area contributed by atoms with Gasteiger partial charge >= 0.3 is 0 Å². The molecule has 1 aliphatic rings. The summed E-state index contributed by atoms with van der Waals surface area (Å²) in [6, 6.07) is 0. The van der Waals surface area contributed by atoms with Crippen molar-refractivity contribution < 1.29 is 13.5 Å². The van der Waals surface area contributed by atoms with Crippen LogP contribution >= 0.6 is 0 Å². The maximum atomic E-state index is 10.8. The SMILES string of the molecule is CS(=O)(=O)CCCNC1(CO)CC1. The summed E-state index contributed by atoms with van der Waals surface area (Å²) in [6.45, 7) is 0.833. The van der Waals surface area contributed by atoms with Gasteiger partial charge in [-0.3, -0.25) is 0 Å². The molecule has 0 radical (unpaired) electrons. The van der Waals surface area contributed by atoms with Crippen molar-refractivity contribution in [2.45, 2.75) is 24.8 Å². The first-order valence-electron chi connectivity index (χ1n) is 4.51. The summed E-state index contributed by atoms with van der Waals surface area (Å²) in [5.41, 5.74) is -0.0719. The van der Waals surface area contributed by atoms with Crippen LogP contribution in [0.5, 0.6) is 0 Å². The minimum atomic E-state index is -2.83. The average molecular weight is 207 g/mol. The van der Waals surface area contributed by atoms with E-state index in [1.54, 1.807) is 0 Å². The molecule has 2 N–H and O–H groups in total. The van der Waals surface area contributed by atoms with E-state index >= 15 is 0 Å². The molecular weight excluding hydrogens is 190 g/mol. The van der Waals surface area contributed by atoms with E-state index < -0.39 is 9.84 Å². The lowest BCUT2D eigenvalue weighted by molar-refractivity contribution is 0.231. The molecule has 13 heavy (non-hydrogen) atoms. The molecule has 1 aliphatic carbocycles. The van der Waals surface area contributed by atoms with Crippen molar-refractivity contribution in [2.24, 2.45) is 0 Å². The Hall–Kier alpha value is -0.130. The third-order valence-corrected chi connectivity index (χ3v) is 3.38. The zero-order chi connectivity index (χ0) is 9.95. The molecule has 0 unspecified atom stereocenters. The molecule has 4 nitrogen and oxygen atoms in total. The number of sulfone groups is 1. The summed E-state index contributed by atoms with van der Waals surface area (Å²) < 4.78 is 21.5. The van der Waals surface area contributed by atoms with Gasteiger partial charge in [-0.15, -0.1) is 0 Å². The molecule has 0 aromatic carbocycles. The Morgan fingerprint density at radius 1 is 1.46 bits per heavy atom. The highest BCUT2D eigenvalue weighted by molar-refractivity contribution is 7.90. The van der Waals surface area contributed by atoms with Gasteiger partial charge in [0.25, 0.3) is 0 Å². The molecule has 0 aliphatic heterocycles. The number of aliphatic hydroxyl groups excluding tert-OH is 1. The first-order valence-corrected chi connectivity index (χ1v) is 6.57. The van der Waals surface area contributed by atoms with E-state index in [9.17, 15) is 8.42 Å². The normalized spacial score (nSPS) is 20.2. The molecule has 0 saturated heterocycles. The number of hydrogen-bond donors (Lipinski definition) is 2. The molecule has 0 bridgehead atoms. The second-order valence-electron chi connectivity index (χ2n) is 3.85. The average Bonchev–Trinajstić information content (AvgIpc) is 2.78. The Morgan fingerprint density at radius 2 is 2.08 bits per heavy atom. The van der Waals surface area contributed by atoms with Crippen LogP contribution in [0.15, 0.2) is 0 Å². The minimum Gasteiger partial charge on any atom is -0.394 e. The zero-order valence-corrected chi connectivity index (χ0v) is 8.73. The smallest absolute Gasteiger partial charge is 0.147 e. The second-order valence-corrected chi connectivity index (χ2v) is 6.11. The van der Waals surface area contributed by atoms with Gasteiger partial charge in [0.05, 0.1) is 12.4 Å². The van der Waals surface area contributed by atoms with Crippen molar-refractivity contribution in [1.82, 2.24) is 5.32 Å². The predicted molar refractivity (Wildman–Crippen MR) is 51.4 cm³/mol. The Morgan fingerprint density at radius 3 is 2.46 bits per heavy atom. The Balaban J connectivity index is 2.08. The maximum absolute atomic E-state index is 10.8. The quantitative estimate of drug-likeness (QED) is 0.578. The predicted octanol–water partition coefficient (Wildman–Crippen LogP) is -0.464. The van der Waals surface area contributed by atoms with Gasteiger partial charge in [-0.1, -0.05) is 0 Å². The summed E-state index contributed by atoms with van der Waals surface area (Å²) >= 11 is 0. The topological polar surface area (TPSA) is 66.4 Å². The van der Waals surface area contributed by atoms with E-state index in [1.807, 2.05) is 0 Å². The van der Waals surface area contributed by atoms with Crippen molar-refractivity contribution in [1.29, 1.82) is 0 Å². The Kier molecular flexibility index (Phi) is 3.32. The van der Waals surface area contributed by atoms with E-state index in [-0.39, 0.29) is 17.9 Å². The van der Waals surface area contributed by atoms with E-state index in [0.717, 1.165) is 12.8 Å². The van der Waals surface area contributed by atoms with Crippen LogP contribution in [0.4, 0.5) is 0 Å². The van der Waals surface area contributed by atoms with E-state index in [4.69, 9.17) is 5.11 Å². The number of rotatable bonds is 6. The largest absolute Gasteiger partial charge is 0.394 e. The minimum absolute atomic E-state index is 0.0719. The lowest BCUT2D eigenvalue weighted by Crippen LogP contribution is -2.35. The van der Waals surface area contributed by atoms with Crippen LogP contribution in [0.1, 0.15) is 19.3 Å². The first kappa shape index (κ1) is 10.9. The second kappa shape index (κ2) is 3.94. The zero-order valence-electron chi connectivity index (χ0n) is 7.91. The Labute approximate surface area is 79.3 Å². The van der Waals surface area contributed by atoms with Gasteiger partial charge in [-0.05, 0) is 25.8 Å². The van der Waals surface area contributed by atoms with Gasteiger partial charge in [-0.25, -0.2) is 8.42 Å². The molecular formula is C8H17NO3S. The van der Waals surface area contributed by atoms with Crippen LogP contribution in [0, 0.1) is 0 Å². The van der Waals surface area contributed by atoms with Crippen molar-refractivity contribution in [3.63, 3.8) is 0 Å². The highest BCUT2D eigenvalue weighted by Gasteiger charge is 2.41. The van der Waals surface area contributed by atoms with E-state index in [0.29, 0.717) is 13.0 Å². The summed E-state index contributed by atoms with van der Waals surface area (Å²) in [4.78, 5) is 0. The standard InChI is InChI=1S/C8H17NO3S/c1-13(11,12)6-2-5-9-8(7-10)3-4-8/h9-10H,2-7H2,1H3. The molecule has 0 heterocycles. The third kappa shape index (κ3) is 4.06. The van der Waals surface area contributed by atoms with Gasteiger partial charge in [0, 0.05) is 11.8 Å². The fourth-order valence-corrected chi connectivity index (χ4v) is 1.90. The number of nitrogens with one attached hydrogen (secondary N) is 1. The summed E-state index contributed by atoms with van der Waals surface area (Å²) in [7, 11) is -2.83. The van der Waals surface area contributed by atoms with Crippen molar-refractivity contribution in [3.05, 3.63) is 0 Å². The summed E-state index contributed by atoms with van der Waals surface area (Å²) in [6.07, 6.45) is 3.87. The van der Waals surface area contributed by atoms with Gasteiger partial charge in [0.2, 0.25) is 0 Å². The molecule has 78 valence electrons. The van der Waals surface area contributed by atoms with E-state index in [1.165, 1.54) is 6.26 Å². The van der Waals surface area contributed by atoms with Crippen LogP contribution in [-0.2, 0) is 9.84 Å². The fourth-order valence-electron chi connectivity index (χ4n) is 1.23. The van der Waals surface area contributed by atoms with Gasteiger partial charge in [0.1, 0.15) is 9.84 Å². The van der Waals surface area contributed by atoms with Crippen LogP contribution < -0.4 is 5.32 Å². The lowest BCUT2D eigenvalue weighted by Gasteiger charge is -2.13. The molecule has 0 aromatic rings. The summed E-state index contributed by atoms with van der Waals surface area (Å²) in [5, 5.41) is 12.1. The molecule has 1 rings (SSSR count). The van der Waals surface area contributed by atoms with Gasteiger partial charge in [0.15, 0.2) is 0 Å². The molecule has 0 atom stereocenters. The third-order valence-electron chi connectivity index (χ3n) is 2.35.